The minimum Gasteiger partial charge on any atom is -0.497 e. The van der Waals surface area contributed by atoms with Crippen molar-refractivity contribution in [3.05, 3.63) is 71.5 Å². The number of carbonyl (C=O) groups excluding carboxylic acids is 1. The summed E-state index contributed by atoms with van der Waals surface area (Å²) in [4.78, 5) is 19.6. The van der Waals surface area contributed by atoms with Crippen LogP contribution < -0.4 is 9.64 Å². The van der Waals surface area contributed by atoms with Gasteiger partial charge in [0.25, 0.3) is 0 Å². The van der Waals surface area contributed by atoms with Crippen molar-refractivity contribution in [2.24, 2.45) is 0 Å². The first-order valence-electron chi connectivity index (χ1n) is 10.5. The Balaban J connectivity index is 1.77. The Morgan fingerprint density at radius 3 is 2.40 bits per heavy atom. The Morgan fingerprint density at radius 2 is 1.73 bits per heavy atom. The Labute approximate surface area is 177 Å². The van der Waals surface area contributed by atoms with E-state index in [0.29, 0.717) is 12.4 Å². The van der Waals surface area contributed by atoms with Gasteiger partial charge < -0.3 is 4.74 Å². The van der Waals surface area contributed by atoms with E-state index in [0.717, 1.165) is 36.1 Å². The van der Waals surface area contributed by atoms with E-state index in [-0.39, 0.29) is 18.0 Å². The second kappa shape index (κ2) is 8.69. The van der Waals surface area contributed by atoms with E-state index in [1.807, 2.05) is 21.7 Å². The lowest BCUT2D eigenvalue weighted by Gasteiger charge is -2.39. The van der Waals surface area contributed by atoms with Crippen molar-refractivity contribution in [3.63, 3.8) is 0 Å². The number of benzene rings is 2. The molecular weight excluding hydrogens is 376 g/mol. The van der Waals surface area contributed by atoms with Gasteiger partial charge in [0.2, 0.25) is 11.9 Å². The third kappa shape index (κ3) is 3.82. The minimum atomic E-state index is -0.0845. The molecule has 0 radical (unpaired) electrons. The van der Waals surface area contributed by atoms with Gasteiger partial charge in [0.15, 0.2) is 0 Å². The SMILES string of the molecule is CCCCC(=O)N1c2ncnn2[C@H](c2ccc(OC)cc2)C[C@@H]1c1ccc(C)cc1. The summed E-state index contributed by atoms with van der Waals surface area (Å²) in [6.45, 7) is 4.18. The second-order valence-corrected chi connectivity index (χ2v) is 7.82. The molecule has 0 aliphatic carbocycles. The van der Waals surface area contributed by atoms with Crippen molar-refractivity contribution < 1.29 is 9.53 Å². The number of ether oxygens (including phenoxy) is 1. The van der Waals surface area contributed by atoms with Gasteiger partial charge in [-0.1, -0.05) is 55.3 Å². The average molecular weight is 405 g/mol. The molecule has 0 fully saturated rings. The molecule has 2 heterocycles. The van der Waals surface area contributed by atoms with Crippen molar-refractivity contribution in [1.29, 1.82) is 0 Å². The van der Waals surface area contributed by atoms with Gasteiger partial charge in [-0.05, 0) is 43.0 Å². The van der Waals surface area contributed by atoms with Gasteiger partial charge in [-0.15, -0.1) is 0 Å². The van der Waals surface area contributed by atoms with Crippen molar-refractivity contribution in [1.82, 2.24) is 14.8 Å². The van der Waals surface area contributed by atoms with Gasteiger partial charge in [0.05, 0.1) is 19.2 Å². The summed E-state index contributed by atoms with van der Waals surface area (Å²) < 4.78 is 7.20. The lowest BCUT2D eigenvalue weighted by Crippen LogP contribution is -2.42. The first-order valence-corrected chi connectivity index (χ1v) is 10.5. The van der Waals surface area contributed by atoms with Crippen LogP contribution in [0.25, 0.3) is 0 Å². The van der Waals surface area contributed by atoms with Gasteiger partial charge in [0.1, 0.15) is 12.1 Å². The third-order valence-electron chi connectivity index (χ3n) is 5.80. The van der Waals surface area contributed by atoms with Crippen LogP contribution in [-0.2, 0) is 4.79 Å². The number of carbonyl (C=O) groups is 1. The molecule has 0 saturated carbocycles. The second-order valence-electron chi connectivity index (χ2n) is 7.82. The average Bonchev–Trinajstić information content (AvgIpc) is 3.26. The molecule has 4 rings (SSSR count). The summed E-state index contributed by atoms with van der Waals surface area (Å²) in [5.41, 5.74) is 3.45. The number of amides is 1. The van der Waals surface area contributed by atoms with E-state index in [4.69, 9.17) is 4.74 Å². The van der Waals surface area contributed by atoms with Crippen LogP contribution in [0.3, 0.4) is 0 Å². The fourth-order valence-corrected chi connectivity index (χ4v) is 4.10. The molecule has 0 N–H and O–H groups in total. The summed E-state index contributed by atoms with van der Waals surface area (Å²) in [6.07, 6.45) is 4.65. The summed E-state index contributed by atoms with van der Waals surface area (Å²) in [5, 5.41) is 4.49. The number of hydrogen-bond donors (Lipinski definition) is 0. The fourth-order valence-electron chi connectivity index (χ4n) is 4.10. The summed E-state index contributed by atoms with van der Waals surface area (Å²) in [6, 6.07) is 16.4. The summed E-state index contributed by atoms with van der Waals surface area (Å²) in [7, 11) is 1.67. The number of rotatable bonds is 6. The lowest BCUT2D eigenvalue weighted by molar-refractivity contribution is -0.119. The van der Waals surface area contributed by atoms with Gasteiger partial charge in [-0.25, -0.2) is 4.68 Å². The van der Waals surface area contributed by atoms with E-state index in [1.54, 1.807) is 13.4 Å². The molecule has 6 heteroatoms. The molecular formula is C24H28N4O2. The maximum Gasteiger partial charge on any atom is 0.231 e. The van der Waals surface area contributed by atoms with E-state index < -0.39 is 0 Å². The molecule has 0 spiro atoms. The van der Waals surface area contributed by atoms with E-state index in [2.05, 4.69) is 60.3 Å². The molecule has 0 saturated heterocycles. The number of anilines is 1. The third-order valence-corrected chi connectivity index (χ3v) is 5.80. The van der Waals surface area contributed by atoms with Crippen LogP contribution in [0.4, 0.5) is 5.95 Å². The van der Waals surface area contributed by atoms with Crippen molar-refractivity contribution in [3.8, 4) is 5.75 Å². The Morgan fingerprint density at radius 1 is 1.07 bits per heavy atom. The molecule has 1 amide bonds. The molecule has 0 bridgehead atoms. The molecule has 156 valence electrons. The van der Waals surface area contributed by atoms with Crippen LogP contribution in [0.2, 0.25) is 0 Å². The van der Waals surface area contributed by atoms with Gasteiger partial charge in [-0.3, -0.25) is 9.69 Å². The van der Waals surface area contributed by atoms with Gasteiger partial charge >= 0.3 is 0 Å². The molecule has 1 aliphatic heterocycles. The van der Waals surface area contributed by atoms with E-state index in [1.165, 1.54) is 5.56 Å². The lowest BCUT2D eigenvalue weighted by atomic mass is 9.91. The molecule has 6 nitrogen and oxygen atoms in total. The highest BCUT2D eigenvalue weighted by atomic mass is 16.5. The quantitative estimate of drug-likeness (QED) is 0.589. The number of aryl methyl sites for hydroxylation is 1. The zero-order valence-electron chi connectivity index (χ0n) is 17.8. The molecule has 3 aromatic rings. The number of unbranched alkanes of at least 4 members (excludes halogenated alkanes) is 1. The number of methoxy groups -OCH3 is 1. The highest BCUT2D eigenvalue weighted by Crippen LogP contribution is 2.42. The van der Waals surface area contributed by atoms with Crippen molar-refractivity contribution in [2.45, 2.75) is 51.6 Å². The molecule has 1 aromatic heterocycles. The van der Waals surface area contributed by atoms with Crippen LogP contribution >= 0.6 is 0 Å². The minimum absolute atomic E-state index is 0.00469. The maximum atomic E-state index is 13.2. The topological polar surface area (TPSA) is 60.2 Å². The smallest absolute Gasteiger partial charge is 0.231 e. The first-order chi connectivity index (χ1) is 14.6. The highest BCUT2D eigenvalue weighted by molar-refractivity contribution is 5.92. The predicted octanol–water partition coefficient (Wildman–Crippen LogP) is 4.85. The molecule has 30 heavy (non-hydrogen) atoms. The number of hydrogen-bond acceptors (Lipinski definition) is 4. The highest BCUT2D eigenvalue weighted by Gasteiger charge is 2.39. The van der Waals surface area contributed by atoms with Crippen LogP contribution in [0.1, 0.15) is 61.4 Å². The standard InChI is InChI=1S/C24H28N4O2/c1-4-5-6-23(29)27-21(18-9-7-17(2)8-10-18)15-22(28-24(27)25-16-26-28)19-11-13-20(30-3)14-12-19/h7-14,16,21-22H,4-6,15H2,1-3H3/t21-,22+/m1/s1. The first kappa shape index (κ1) is 20.1. The van der Waals surface area contributed by atoms with Gasteiger partial charge in [0, 0.05) is 6.42 Å². The Hall–Kier alpha value is -3.15. The van der Waals surface area contributed by atoms with Crippen LogP contribution in [0.15, 0.2) is 54.9 Å². The van der Waals surface area contributed by atoms with Crippen LogP contribution in [0.5, 0.6) is 5.75 Å². The van der Waals surface area contributed by atoms with Crippen LogP contribution in [-0.4, -0.2) is 27.8 Å². The number of fused-ring (bicyclic) bond motifs is 1. The normalized spacial score (nSPS) is 18.2. The molecule has 2 atom stereocenters. The van der Waals surface area contributed by atoms with Gasteiger partial charge in [-0.2, -0.15) is 10.1 Å². The van der Waals surface area contributed by atoms with Crippen LogP contribution in [0, 0.1) is 6.92 Å². The monoisotopic (exact) mass is 404 g/mol. The number of nitrogens with zero attached hydrogens (tertiary/aromatic N) is 4. The molecule has 1 aliphatic rings. The van der Waals surface area contributed by atoms with E-state index >= 15 is 0 Å². The Kier molecular flexibility index (Phi) is 5.84. The largest absolute Gasteiger partial charge is 0.497 e. The van der Waals surface area contributed by atoms with E-state index in [9.17, 15) is 4.79 Å². The summed E-state index contributed by atoms with van der Waals surface area (Å²) in [5.74, 6) is 1.54. The fraction of sp³-hybridized carbons (Fsp3) is 0.375. The van der Waals surface area contributed by atoms with Crippen molar-refractivity contribution in [2.75, 3.05) is 12.0 Å². The zero-order valence-corrected chi connectivity index (χ0v) is 17.8. The zero-order chi connectivity index (χ0) is 21.1. The van der Waals surface area contributed by atoms with Crippen molar-refractivity contribution >= 4 is 11.9 Å². The number of aromatic nitrogens is 3. The molecule has 2 aromatic carbocycles. The predicted molar refractivity (Wildman–Crippen MR) is 117 cm³/mol. The Bertz CT molecular complexity index is 995. The molecule has 0 unspecified atom stereocenters. The summed E-state index contributed by atoms with van der Waals surface area (Å²) >= 11 is 0. The maximum absolute atomic E-state index is 13.2.